The zero-order valence-electron chi connectivity index (χ0n) is 11.5. The molecule has 0 saturated heterocycles. The lowest BCUT2D eigenvalue weighted by molar-refractivity contribution is 0.426. The summed E-state index contributed by atoms with van der Waals surface area (Å²) in [6, 6.07) is 8.15. The predicted molar refractivity (Wildman–Crippen MR) is 77.6 cm³/mol. The van der Waals surface area contributed by atoms with E-state index in [9.17, 15) is 8.42 Å². The summed E-state index contributed by atoms with van der Waals surface area (Å²) in [6.45, 7) is 0. The first-order chi connectivity index (χ1) is 9.62. The minimum absolute atomic E-state index is 0.0195. The van der Waals surface area contributed by atoms with Gasteiger partial charge in [0.1, 0.15) is 0 Å². The van der Waals surface area contributed by atoms with Gasteiger partial charge < -0.3 is 0 Å². The smallest absolute Gasteiger partial charge is 0.208 e. The minimum atomic E-state index is -3.52. The van der Waals surface area contributed by atoms with Crippen LogP contribution >= 0.6 is 0 Å². The molecule has 5 heteroatoms. The highest BCUT2D eigenvalue weighted by molar-refractivity contribution is 7.89. The monoisotopic (exact) mass is 292 g/mol. The summed E-state index contributed by atoms with van der Waals surface area (Å²) in [5.41, 5.74) is 0.366. The maximum atomic E-state index is 12.3. The van der Waals surface area contributed by atoms with Gasteiger partial charge in [-0.05, 0) is 31.0 Å². The quantitative estimate of drug-likeness (QED) is 0.931. The van der Waals surface area contributed by atoms with E-state index in [-0.39, 0.29) is 10.9 Å². The highest BCUT2D eigenvalue weighted by atomic mass is 32.2. The molecule has 0 heterocycles. The first kappa shape index (κ1) is 15.0. The summed E-state index contributed by atoms with van der Waals surface area (Å²) in [7, 11) is -3.52. The summed E-state index contributed by atoms with van der Waals surface area (Å²) in [5, 5.41) is 8.85. The molecule has 0 radical (unpaired) electrons. The van der Waals surface area contributed by atoms with Crippen molar-refractivity contribution in [2.45, 2.75) is 55.9 Å². The third-order valence-electron chi connectivity index (χ3n) is 3.70. The molecule has 1 N–H and O–H groups in total. The fraction of sp³-hybridized carbons (Fsp3) is 0.533. The largest absolute Gasteiger partial charge is 0.240 e. The lowest BCUT2D eigenvalue weighted by atomic mass is 9.97. The summed E-state index contributed by atoms with van der Waals surface area (Å²) in [6.07, 6.45) is 7.57. The molecule has 0 aromatic heterocycles. The Morgan fingerprint density at radius 3 is 2.40 bits per heavy atom. The highest BCUT2D eigenvalue weighted by Crippen LogP contribution is 2.19. The van der Waals surface area contributed by atoms with Gasteiger partial charge in [0.2, 0.25) is 10.0 Å². The number of benzene rings is 1. The summed E-state index contributed by atoms with van der Waals surface area (Å²) < 4.78 is 27.5. The van der Waals surface area contributed by atoms with Gasteiger partial charge in [-0.15, -0.1) is 0 Å². The van der Waals surface area contributed by atoms with Crippen molar-refractivity contribution in [2.24, 2.45) is 0 Å². The lowest BCUT2D eigenvalue weighted by Crippen LogP contribution is -2.35. The van der Waals surface area contributed by atoms with Crippen molar-refractivity contribution in [2.75, 3.05) is 0 Å². The fourth-order valence-electron chi connectivity index (χ4n) is 2.59. The Morgan fingerprint density at radius 1 is 1.10 bits per heavy atom. The Bertz CT molecular complexity index is 582. The van der Waals surface area contributed by atoms with Gasteiger partial charge in [-0.2, -0.15) is 5.26 Å². The van der Waals surface area contributed by atoms with Gasteiger partial charge in [-0.1, -0.05) is 38.2 Å². The van der Waals surface area contributed by atoms with Crippen LogP contribution in [0.1, 0.15) is 50.5 Å². The standard InChI is InChI=1S/C15H20N2O2S/c16-12-13-7-6-10-15(11-13)20(18,19)17-14-8-4-2-1-3-5-9-14/h6-7,10-11,14,17H,1-5,8-9H2. The van der Waals surface area contributed by atoms with E-state index in [1.54, 1.807) is 12.1 Å². The molecule has 4 nitrogen and oxygen atoms in total. The molecule has 20 heavy (non-hydrogen) atoms. The third-order valence-corrected chi connectivity index (χ3v) is 5.22. The van der Waals surface area contributed by atoms with E-state index >= 15 is 0 Å². The van der Waals surface area contributed by atoms with Crippen LogP contribution in [0.15, 0.2) is 29.2 Å². The normalized spacial score (nSPS) is 17.9. The molecule has 0 atom stereocenters. The second kappa shape index (κ2) is 6.87. The van der Waals surface area contributed by atoms with Crippen LogP contribution in [0.5, 0.6) is 0 Å². The molecule has 0 spiro atoms. The molecule has 1 aliphatic carbocycles. The van der Waals surface area contributed by atoms with E-state index in [1.165, 1.54) is 31.4 Å². The number of hydrogen-bond donors (Lipinski definition) is 1. The number of nitriles is 1. The van der Waals surface area contributed by atoms with Gasteiger partial charge in [0.25, 0.3) is 0 Å². The van der Waals surface area contributed by atoms with Crippen LogP contribution in [0, 0.1) is 11.3 Å². The number of nitrogens with zero attached hydrogens (tertiary/aromatic N) is 1. The Labute approximate surface area is 120 Å². The Morgan fingerprint density at radius 2 is 1.75 bits per heavy atom. The Balaban J connectivity index is 2.11. The van der Waals surface area contributed by atoms with Crippen molar-refractivity contribution in [3.05, 3.63) is 29.8 Å². The molecule has 108 valence electrons. The van der Waals surface area contributed by atoms with Crippen LogP contribution in [0.3, 0.4) is 0 Å². The number of nitrogens with one attached hydrogen (secondary N) is 1. The third kappa shape index (κ3) is 4.06. The molecule has 0 aliphatic heterocycles. The maximum absolute atomic E-state index is 12.3. The SMILES string of the molecule is N#Cc1cccc(S(=O)(=O)NC2CCCCCCC2)c1. The number of rotatable bonds is 3. The Hall–Kier alpha value is -1.38. The van der Waals surface area contributed by atoms with Gasteiger partial charge in [0, 0.05) is 6.04 Å². The van der Waals surface area contributed by atoms with Crippen LogP contribution in [0.4, 0.5) is 0 Å². The van der Waals surface area contributed by atoms with Crippen LogP contribution in [-0.2, 0) is 10.0 Å². The van der Waals surface area contributed by atoms with E-state index < -0.39 is 10.0 Å². The lowest BCUT2D eigenvalue weighted by Gasteiger charge is -2.21. The van der Waals surface area contributed by atoms with Crippen LogP contribution in [0.2, 0.25) is 0 Å². The summed E-state index contributed by atoms with van der Waals surface area (Å²) in [5.74, 6) is 0. The van der Waals surface area contributed by atoms with Crippen molar-refractivity contribution >= 4 is 10.0 Å². The molecular formula is C15H20N2O2S. The number of hydrogen-bond acceptors (Lipinski definition) is 3. The van der Waals surface area contributed by atoms with Gasteiger partial charge in [-0.25, -0.2) is 13.1 Å². The van der Waals surface area contributed by atoms with E-state index in [0.717, 1.165) is 25.7 Å². The molecule has 1 aromatic rings. The van der Waals surface area contributed by atoms with Crippen molar-refractivity contribution in [1.82, 2.24) is 4.72 Å². The van der Waals surface area contributed by atoms with Gasteiger partial charge in [0.15, 0.2) is 0 Å². The van der Waals surface area contributed by atoms with Crippen LogP contribution < -0.4 is 4.72 Å². The highest BCUT2D eigenvalue weighted by Gasteiger charge is 2.20. The first-order valence-corrected chi connectivity index (χ1v) is 8.62. The van der Waals surface area contributed by atoms with E-state index in [4.69, 9.17) is 5.26 Å². The molecular weight excluding hydrogens is 272 g/mol. The van der Waals surface area contributed by atoms with Crippen molar-refractivity contribution in [3.8, 4) is 6.07 Å². The predicted octanol–water partition coefficient (Wildman–Crippen LogP) is 2.95. The van der Waals surface area contributed by atoms with Crippen molar-refractivity contribution in [3.63, 3.8) is 0 Å². The fourth-order valence-corrected chi connectivity index (χ4v) is 3.94. The second-order valence-corrected chi connectivity index (χ2v) is 7.02. The molecule has 1 fully saturated rings. The zero-order valence-corrected chi connectivity index (χ0v) is 12.3. The summed E-state index contributed by atoms with van der Waals surface area (Å²) >= 11 is 0. The van der Waals surface area contributed by atoms with Crippen molar-refractivity contribution in [1.29, 1.82) is 5.26 Å². The minimum Gasteiger partial charge on any atom is -0.208 e. The van der Waals surface area contributed by atoms with Gasteiger partial charge in [-0.3, -0.25) is 0 Å². The average Bonchev–Trinajstić information content (AvgIpc) is 2.42. The molecule has 1 aliphatic rings. The zero-order chi connectivity index (χ0) is 14.4. The number of sulfonamides is 1. The topological polar surface area (TPSA) is 70.0 Å². The van der Waals surface area contributed by atoms with E-state index in [2.05, 4.69) is 4.72 Å². The molecule has 1 aromatic carbocycles. The van der Waals surface area contributed by atoms with E-state index in [0.29, 0.717) is 5.56 Å². The molecule has 0 unspecified atom stereocenters. The van der Waals surface area contributed by atoms with E-state index in [1.807, 2.05) is 6.07 Å². The molecule has 0 bridgehead atoms. The average molecular weight is 292 g/mol. The first-order valence-electron chi connectivity index (χ1n) is 7.14. The second-order valence-electron chi connectivity index (χ2n) is 5.30. The Kier molecular flexibility index (Phi) is 5.16. The van der Waals surface area contributed by atoms with Crippen molar-refractivity contribution < 1.29 is 8.42 Å². The van der Waals surface area contributed by atoms with Crippen LogP contribution in [0.25, 0.3) is 0 Å². The maximum Gasteiger partial charge on any atom is 0.240 e. The van der Waals surface area contributed by atoms with Crippen LogP contribution in [-0.4, -0.2) is 14.5 Å². The van der Waals surface area contributed by atoms with Gasteiger partial charge >= 0.3 is 0 Å². The summed E-state index contributed by atoms with van der Waals surface area (Å²) in [4.78, 5) is 0.179. The van der Waals surface area contributed by atoms with Gasteiger partial charge in [0.05, 0.1) is 16.5 Å². The molecule has 1 saturated carbocycles. The molecule has 0 amide bonds. The molecule has 2 rings (SSSR count).